The van der Waals surface area contributed by atoms with E-state index < -0.39 is 5.97 Å². The van der Waals surface area contributed by atoms with Crippen molar-refractivity contribution < 1.29 is 9.90 Å². The third-order valence-electron chi connectivity index (χ3n) is 2.09. The van der Waals surface area contributed by atoms with Crippen molar-refractivity contribution in [3.8, 4) is 0 Å². The van der Waals surface area contributed by atoms with Crippen LogP contribution >= 0.6 is 0 Å². The SMILES string of the molecule is O=C(O)CNc1cc2n(n1)CCNC2. The molecule has 0 atom stereocenters. The standard InChI is InChI=1S/C8H12N4O2/c13-8(14)5-10-7-3-6-4-9-1-2-12(6)11-7/h3,9H,1-2,4-5H2,(H,10,11)(H,13,14). The topological polar surface area (TPSA) is 79.2 Å². The molecule has 0 saturated carbocycles. The first-order chi connectivity index (χ1) is 6.75. The minimum Gasteiger partial charge on any atom is -0.480 e. The lowest BCUT2D eigenvalue weighted by molar-refractivity contribution is -0.134. The van der Waals surface area contributed by atoms with Crippen molar-refractivity contribution in [2.75, 3.05) is 18.4 Å². The van der Waals surface area contributed by atoms with Gasteiger partial charge in [0.25, 0.3) is 0 Å². The molecule has 0 aliphatic carbocycles. The Morgan fingerprint density at radius 2 is 2.64 bits per heavy atom. The molecular formula is C8H12N4O2. The van der Waals surface area contributed by atoms with E-state index in [1.165, 1.54) is 0 Å². The van der Waals surface area contributed by atoms with E-state index in [1.54, 1.807) is 0 Å². The summed E-state index contributed by atoms with van der Waals surface area (Å²) in [6.45, 7) is 2.45. The zero-order valence-electron chi connectivity index (χ0n) is 7.66. The molecule has 0 radical (unpaired) electrons. The molecule has 0 amide bonds. The Kier molecular flexibility index (Phi) is 2.36. The van der Waals surface area contributed by atoms with Gasteiger partial charge in [0.1, 0.15) is 12.4 Å². The van der Waals surface area contributed by atoms with Crippen LogP contribution in [0.5, 0.6) is 0 Å². The van der Waals surface area contributed by atoms with Gasteiger partial charge in [-0.1, -0.05) is 0 Å². The van der Waals surface area contributed by atoms with Crippen LogP contribution in [0.15, 0.2) is 6.07 Å². The molecule has 14 heavy (non-hydrogen) atoms. The summed E-state index contributed by atoms with van der Waals surface area (Å²) in [7, 11) is 0. The van der Waals surface area contributed by atoms with Crippen LogP contribution in [0.25, 0.3) is 0 Å². The van der Waals surface area contributed by atoms with Crippen LogP contribution in [0.4, 0.5) is 5.82 Å². The Morgan fingerprint density at radius 1 is 1.79 bits per heavy atom. The largest absolute Gasteiger partial charge is 0.480 e. The highest BCUT2D eigenvalue weighted by atomic mass is 16.4. The van der Waals surface area contributed by atoms with Crippen molar-refractivity contribution in [3.63, 3.8) is 0 Å². The van der Waals surface area contributed by atoms with E-state index >= 15 is 0 Å². The fraction of sp³-hybridized carbons (Fsp3) is 0.500. The molecule has 0 aromatic carbocycles. The van der Waals surface area contributed by atoms with E-state index in [4.69, 9.17) is 5.11 Å². The Labute approximate surface area is 80.9 Å². The molecule has 1 aromatic heterocycles. The summed E-state index contributed by atoms with van der Waals surface area (Å²) in [5.41, 5.74) is 1.09. The summed E-state index contributed by atoms with van der Waals surface area (Å²) >= 11 is 0. The second-order valence-corrected chi connectivity index (χ2v) is 3.17. The van der Waals surface area contributed by atoms with Crippen LogP contribution in [0.1, 0.15) is 5.69 Å². The number of aliphatic carboxylic acids is 1. The van der Waals surface area contributed by atoms with Crippen LogP contribution in [0, 0.1) is 0 Å². The van der Waals surface area contributed by atoms with Crippen molar-refractivity contribution in [3.05, 3.63) is 11.8 Å². The normalized spacial score (nSPS) is 14.9. The van der Waals surface area contributed by atoms with Crippen molar-refractivity contribution in [1.29, 1.82) is 0 Å². The number of hydrogen-bond donors (Lipinski definition) is 3. The van der Waals surface area contributed by atoms with E-state index in [0.717, 1.165) is 25.3 Å². The maximum absolute atomic E-state index is 10.3. The van der Waals surface area contributed by atoms with Gasteiger partial charge < -0.3 is 15.7 Å². The van der Waals surface area contributed by atoms with Crippen molar-refractivity contribution in [2.24, 2.45) is 0 Å². The maximum atomic E-state index is 10.3. The van der Waals surface area contributed by atoms with E-state index in [0.29, 0.717) is 5.82 Å². The first-order valence-electron chi connectivity index (χ1n) is 4.49. The molecule has 2 heterocycles. The number of carbonyl (C=O) groups is 1. The molecule has 6 nitrogen and oxygen atoms in total. The van der Waals surface area contributed by atoms with Crippen LogP contribution in [0.3, 0.4) is 0 Å². The van der Waals surface area contributed by atoms with Crippen molar-refractivity contribution in [1.82, 2.24) is 15.1 Å². The summed E-state index contributed by atoms with van der Waals surface area (Å²) in [5.74, 6) is -0.250. The van der Waals surface area contributed by atoms with Gasteiger partial charge in [0.2, 0.25) is 0 Å². The predicted octanol–water partition coefficient (Wildman–Crippen LogP) is -0.517. The molecule has 0 unspecified atom stereocenters. The highest BCUT2D eigenvalue weighted by Gasteiger charge is 2.11. The number of nitrogens with one attached hydrogen (secondary N) is 2. The van der Waals surface area contributed by atoms with E-state index in [2.05, 4.69) is 15.7 Å². The van der Waals surface area contributed by atoms with Gasteiger partial charge in [-0.3, -0.25) is 9.48 Å². The second-order valence-electron chi connectivity index (χ2n) is 3.17. The van der Waals surface area contributed by atoms with Gasteiger partial charge in [-0.2, -0.15) is 5.10 Å². The number of rotatable bonds is 3. The highest BCUT2D eigenvalue weighted by Crippen LogP contribution is 2.11. The molecule has 1 aliphatic rings. The third-order valence-corrected chi connectivity index (χ3v) is 2.09. The highest BCUT2D eigenvalue weighted by molar-refractivity contribution is 5.72. The third kappa shape index (κ3) is 1.85. The zero-order valence-corrected chi connectivity index (χ0v) is 7.66. The molecular weight excluding hydrogens is 184 g/mol. The van der Waals surface area contributed by atoms with Gasteiger partial charge in [0, 0.05) is 19.2 Å². The fourth-order valence-electron chi connectivity index (χ4n) is 1.45. The number of fused-ring (bicyclic) bond motifs is 1. The van der Waals surface area contributed by atoms with Gasteiger partial charge in [-0.25, -0.2) is 0 Å². The molecule has 0 fully saturated rings. The Morgan fingerprint density at radius 3 is 3.36 bits per heavy atom. The molecule has 0 saturated heterocycles. The number of carboxylic acid groups (broad SMARTS) is 1. The van der Waals surface area contributed by atoms with E-state index in [9.17, 15) is 4.79 Å². The quantitative estimate of drug-likeness (QED) is 0.606. The maximum Gasteiger partial charge on any atom is 0.322 e. The van der Waals surface area contributed by atoms with E-state index in [-0.39, 0.29) is 6.54 Å². The first kappa shape index (κ1) is 9.01. The predicted molar refractivity (Wildman–Crippen MR) is 50.1 cm³/mol. The van der Waals surface area contributed by atoms with Gasteiger partial charge in [-0.15, -0.1) is 0 Å². The molecule has 2 rings (SSSR count). The minimum absolute atomic E-state index is 0.0934. The average Bonchev–Trinajstić information content (AvgIpc) is 2.57. The Balaban J connectivity index is 2.04. The monoisotopic (exact) mass is 196 g/mol. The van der Waals surface area contributed by atoms with Crippen molar-refractivity contribution in [2.45, 2.75) is 13.1 Å². The number of carboxylic acids is 1. The number of anilines is 1. The van der Waals surface area contributed by atoms with Gasteiger partial charge in [0.15, 0.2) is 0 Å². The fourth-order valence-corrected chi connectivity index (χ4v) is 1.45. The lowest BCUT2D eigenvalue weighted by Crippen LogP contribution is -2.28. The summed E-state index contributed by atoms with van der Waals surface area (Å²) in [4.78, 5) is 10.3. The average molecular weight is 196 g/mol. The summed E-state index contributed by atoms with van der Waals surface area (Å²) in [6, 6.07) is 1.87. The smallest absolute Gasteiger partial charge is 0.322 e. The number of hydrogen-bond acceptors (Lipinski definition) is 4. The van der Waals surface area contributed by atoms with Crippen molar-refractivity contribution >= 4 is 11.8 Å². The number of nitrogens with zero attached hydrogens (tertiary/aromatic N) is 2. The molecule has 76 valence electrons. The molecule has 0 spiro atoms. The zero-order chi connectivity index (χ0) is 9.97. The van der Waals surface area contributed by atoms with Gasteiger partial charge in [-0.05, 0) is 0 Å². The lowest BCUT2D eigenvalue weighted by Gasteiger charge is -2.13. The van der Waals surface area contributed by atoms with Gasteiger partial charge >= 0.3 is 5.97 Å². The first-order valence-corrected chi connectivity index (χ1v) is 4.49. The summed E-state index contributed by atoms with van der Waals surface area (Å²) in [5, 5.41) is 18.6. The second kappa shape index (κ2) is 3.67. The molecule has 1 aliphatic heterocycles. The molecule has 6 heteroatoms. The van der Waals surface area contributed by atoms with Crippen LogP contribution in [0.2, 0.25) is 0 Å². The summed E-state index contributed by atoms with van der Waals surface area (Å²) < 4.78 is 1.89. The summed E-state index contributed by atoms with van der Waals surface area (Å²) in [6.07, 6.45) is 0. The van der Waals surface area contributed by atoms with E-state index in [1.807, 2.05) is 10.7 Å². The van der Waals surface area contributed by atoms with Crippen LogP contribution < -0.4 is 10.6 Å². The Bertz CT molecular complexity index is 324. The minimum atomic E-state index is -0.880. The molecule has 1 aromatic rings. The molecule has 3 N–H and O–H groups in total. The van der Waals surface area contributed by atoms with Gasteiger partial charge in [0.05, 0.1) is 12.2 Å². The number of aromatic nitrogens is 2. The van der Waals surface area contributed by atoms with Crippen LogP contribution in [-0.2, 0) is 17.9 Å². The molecule has 0 bridgehead atoms. The van der Waals surface area contributed by atoms with Crippen LogP contribution in [-0.4, -0.2) is 33.9 Å². The lowest BCUT2D eigenvalue weighted by atomic mass is 10.3. The Hall–Kier alpha value is -1.56.